The van der Waals surface area contributed by atoms with Gasteiger partial charge in [0.05, 0.1) is 12.2 Å². The van der Waals surface area contributed by atoms with Crippen LogP contribution in [0.4, 0.5) is 19.0 Å². The Balaban J connectivity index is 1.67. The fourth-order valence-corrected chi connectivity index (χ4v) is 4.37. The first-order valence-corrected chi connectivity index (χ1v) is 11.2. The smallest absolute Gasteiger partial charge is 0.362 e. The zero-order valence-corrected chi connectivity index (χ0v) is 20.3. The molecule has 0 bridgehead atoms. The van der Waals surface area contributed by atoms with Crippen molar-refractivity contribution in [3.63, 3.8) is 0 Å². The van der Waals surface area contributed by atoms with Crippen LogP contribution in [-0.2, 0) is 13.6 Å². The fraction of sp³-hybridized carbons (Fsp3) is 0.381. The number of anilines is 1. The summed E-state index contributed by atoms with van der Waals surface area (Å²) in [5, 5.41) is 11.1. The second kappa shape index (κ2) is 8.68. The number of nitrogens with one attached hydrogen (secondary N) is 1. The second-order valence-corrected chi connectivity index (χ2v) is 9.33. The van der Waals surface area contributed by atoms with Crippen LogP contribution < -0.4 is 5.32 Å². The molecule has 0 saturated carbocycles. The van der Waals surface area contributed by atoms with Crippen LogP contribution in [-0.4, -0.2) is 43.6 Å². The quantitative estimate of drug-likeness (QED) is 0.485. The standard InChI is InChI=1S/C21H21BrClF3N6O/c1-11-13(9-27-31(11)3)10-30(2)20(33)18-17(23)19-28-15(12-4-6-14(22)7-5-12)8-16(21(24,25)26)32(19)29-18/h4-7,9,15-16,28H,8,10H2,1-3H3/t15-,16-/m1/s1. The number of amides is 1. The van der Waals surface area contributed by atoms with Crippen molar-refractivity contribution in [1.29, 1.82) is 0 Å². The van der Waals surface area contributed by atoms with Crippen LogP contribution in [0.5, 0.6) is 0 Å². The van der Waals surface area contributed by atoms with Gasteiger partial charge < -0.3 is 10.2 Å². The van der Waals surface area contributed by atoms with E-state index in [-0.39, 0.29) is 29.5 Å². The number of nitrogens with zero attached hydrogens (tertiary/aromatic N) is 5. The third-order valence-electron chi connectivity index (χ3n) is 5.86. The topological polar surface area (TPSA) is 68.0 Å². The average molecular weight is 546 g/mol. The van der Waals surface area contributed by atoms with E-state index >= 15 is 0 Å². The van der Waals surface area contributed by atoms with E-state index in [4.69, 9.17) is 11.6 Å². The Kier molecular flexibility index (Phi) is 6.21. The minimum absolute atomic E-state index is 0.0209. The molecule has 3 heterocycles. The summed E-state index contributed by atoms with van der Waals surface area (Å²) in [6.45, 7) is 2.08. The van der Waals surface area contributed by atoms with Crippen molar-refractivity contribution in [3.05, 3.63) is 62.5 Å². The largest absolute Gasteiger partial charge is 0.410 e. The second-order valence-electron chi connectivity index (χ2n) is 8.04. The number of carbonyl (C=O) groups is 1. The first-order valence-electron chi connectivity index (χ1n) is 10.1. The van der Waals surface area contributed by atoms with Gasteiger partial charge in [-0.2, -0.15) is 23.4 Å². The van der Waals surface area contributed by atoms with Crippen LogP contribution in [0.3, 0.4) is 0 Å². The molecule has 4 rings (SSSR count). The van der Waals surface area contributed by atoms with E-state index in [9.17, 15) is 18.0 Å². The first kappa shape index (κ1) is 23.6. The predicted molar refractivity (Wildman–Crippen MR) is 121 cm³/mol. The molecule has 3 aromatic rings. The molecule has 12 heteroatoms. The molecule has 0 radical (unpaired) electrons. The number of hydrogen-bond donors (Lipinski definition) is 1. The van der Waals surface area contributed by atoms with E-state index in [0.29, 0.717) is 5.56 Å². The van der Waals surface area contributed by atoms with Gasteiger partial charge in [0, 0.05) is 42.8 Å². The van der Waals surface area contributed by atoms with Crippen molar-refractivity contribution in [2.24, 2.45) is 7.05 Å². The fourth-order valence-electron chi connectivity index (χ4n) is 3.85. The van der Waals surface area contributed by atoms with Crippen LogP contribution in [0.15, 0.2) is 34.9 Å². The lowest BCUT2D eigenvalue weighted by molar-refractivity contribution is -0.173. The number of benzene rings is 1. The van der Waals surface area contributed by atoms with Gasteiger partial charge in [0.15, 0.2) is 11.7 Å². The lowest BCUT2D eigenvalue weighted by Crippen LogP contribution is -2.36. The summed E-state index contributed by atoms with van der Waals surface area (Å²) >= 11 is 9.76. The summed E-state index contributed by atoms with van der Waals surface area (Å²) in [6.07, 6.45) is -3.21. The van der Waals surface area contributed by atoms with Gasteiger partial charge in [-0.1, -0.05) is 39.7 Å². The van der Waals surface area contributed by atoms with Crippen LogP contribution in [0.2, 0.25) is 5.02 Å². The molecule has 7 nitrogen and oxygen atoms in total. The normalized spacial score (nSPS) is 18.1. The molecule has 0 fully saturated rings. The highest BCUT2D eigenvalue weighted by Gasteiger charge is 2.48. The number of hydrogen-bond acceptors (Lipinski definition) is 4. The zero-order valence-electron chi connectivity index (χ0n) is 18.0. The Labute approximate surface area is 201 Å². The van der Waals surface area contributed by atoms with Gasteiger partial charge in [0.25, 0.3) is 5.91 Å². The number of aryl methyl sites for hydroxylation is 1. The third-order valence-corrected chi connectivity index (χ3v) is 6.75. The van der Waals surface area contributed by atoms with Gasteiger partial charge in [-0.05, 0) is 24.6 Å². The van der Waals surface area contributed by atoms with Crippen LogP contribution in [0, 0.1) is 6.92 Å². The summed E-state index contributed by atoms with van der Waals surface area (Å²) in [6, 6.07) is 4.43. The molecule has 2 atom stereocenters. The van der Waals surface area contributed by atoms with Crippen molar-refractivity contribution in [2.75, 3.05) is 12.4 Å². The Morgan fingerprint density at radius 2 is 2.00 bits per heavy atom. The van der Waals surface area contributed by atoms with Crippen LogP contribution in [0.1, 0.15) is 45.8 Å². The maximum Gasteiger partial charge on any atom is 0.410 e. The van der Waals surface area contributed by atoms with Gasteiger partial charge >= 0.3 is 6.18 Å². The average Bonchev–Trinajstić information content (AvgIpc) is 3.26. The van der Waals surface area contributed by atoms with Crippen LogP contribution in [0.25, 0.3) is 0 Å². The highest BCUT2D eigenvalue weighted by molar-refractivity contribution is 9.10. The Morgan fingerprint density at radius 3 is 2.58 bits per heavy atom. The maximum absolute atomic E-state index is 14.0. The highest BCUT2D eigenvalue weighted by Crippen LogP contribution is 2.46. The summed E-state index contributed by atoms with van der Waals surface area (Å²) in [5.74, 6) is -0.597. The van der Waals surface area contributed by atoms with Crippen molar-refractivity contribution < 1.29 is 18.0 Å². The van der Waals surface area contributed by atoms with Crippen molar-refractivity contribution in [3.8, 4) is 0 Å². The number of rotatable bonds is 4. The molecule has 0 unspecified atom stereocenters. The minimum Gasteiger partial charge on any atom is -0.362 e. The van der Waals surface area contributed by atoms with Gasteiger partial charge in [-0.25, -0.2) is 4.68 Å². The lowest BCUT2D eigenvalue weighted by Gasteiger charge is -2.33. The van der Waals surface area contributed by atoms with Gasteiger partial charge in [0.2, 0.25) is 0 Å². The Morgan fingerprint density at radius 1 is 1.33 bits per heavy atom. The summed E-state index contributed by atoms with van der Waals surface area (Å²) in [5.41, 5.74) is 2.14. The SMILES string of the molecule is Cc1c(CN(C)C(=O)c2nn3c(c2Cl)N[C@@H](c2ccc(Br)cc2)C[C@@H]3C(F)(F)F)cnn1C. The highest BCUT2D eigenvalue weighted by atomic mass is 79.9. The number of halogens is 5. The van der Waals surface area contributed by atoms with Gasteiger partial charge in [0.1, 0.15) is 10.8 Å². The number of aromatic nitrogens is 4. The van der Waals surface area contributed by atoms with E-state index in [0.717, 1.165) is 20.4 Å². The van der Waals surface area contributed by atoms with E-state index < -0.39 is 24.2 Å². The molecule has 1 aliphatic heterocycles. The van der Waals surface area contributed by atoms with E-state index in [1.165, 1.54) is 4.90 Å². The predicted octanol–water partition coefficient (Wildman–Crippen LogP) is 5.27. The van der Waals surface area contributed by atoms with E-state index in [2.05, 4.69) is 31.4 Å². The molecule has 1 N–H and O–H groups in total. The molecule has 1 amide bonds. The zero-order chi connectivity index (χ0) is 24.1. The summed E-state index contributed by atoms with van der Waals surface area (Å²) in [4.78, 5) is 14.4. The minimum atomic E-state index is -4.57. The molecule has 0 saturated heterocycles. The molecule has 2 aromatic heterocycles. The van der Waals surface area contributed by atoms with Gasteiger partial charge in [-0.15, -0.1) is 0 Å². The maximum atomic E-state index is 14.0. The van der Waals surface area contributed by atoms with Crippen molar-refractivity contribution in [1.82, 2.24) is 24.5 Å². The number of alkyl halides is 3. The third kappa shape index (κ3) is 4.48. The molecule has 1 aliphatic rings. The number of carbonyl (C=O) groups excluding carboxylic acids is 1. The summed E-state index contributed by atoms with van der Waals surface area (Å²) < 4.78 is 45.2. The molecule has 1 aromatic carbocycles. The molecule has 176 valence electrons. The lowest BCUT2D eigenvalue weighted by atomic mass is 9.97. The molecule has 0 aliphatic carbocycles. The summed E-state index contributed by atoms with van der Waals surface area (Å²) in [7, 11) is 3.33. The number of fused-ring (bicyclic) bond motifs is 1. The Bertz CT molecular complexity index is 1190. The van der Waals surface area contributed by atoms with Crippen molar-refractivity contribution in [2.45, 2.75) is 38.1 Å². The Hall–Kier alpha value is -2.53. The van der Waals surface area contributed by atoms with Gasteiger partial charge in [-0.3, -0.25) is 9.48 Å². The van der Waals surface area contributed by atoms with E-state index in [1.54, 1.807) is 49.2 Å². The molecule has 33 heavy (non-hydrogen) atoms. The van der Waals surface area contributed by atoms with E-state index in [1.807, 2.05) is 6.92 Å². The molecular formula is C21H21BrClF3N6O. The molecular weight excluding hydrogens is 525 g/mol. The van der Waals surface area contributed by atoms with Crippen molar-refractivity contribution >= 4 is 39.3 Å². The monoisotopic (exact) mass is 544 g/mol. The van der Waals surface area contributed by atoms with Crippen LogP contribution >= 0.6 is 27.5 Å². The molecule has 0 spiro atoms. The first-order chi connectivity index (χ1) is 15.5.